The van der Waals surface area contributed by atoms with Crippen LogP contribution in [0.2, 0.25) is 0 Å². The summed E-state index contributed by atoms with van der Waals surface area (Å²) >= 11 is 3.65. The largest absolute Gasteiger partial charge is 0.493 e. The number of carbonyl (C=O) groups is 1. The van der Waals surface area contributed by atoms with Crippen LogP contribution in [-0.2, 0) is 15.1 Å². The standard InChI is InChI=1S/C27H37N2O3S2/c1-27(25-9-5-18-34-25,28-12-19-33-20-13-28)26(30)32-24-21-29(15-10-22(24)11-16-29)14-6-17-31-23-7-3-2-4-8-23/h2-5,7-9,18,22,24H,6,10-17,19-21H2,1H3/q+1. The molecule has 4 aliphatic rings. The molecule has 0 radical (unpaired) electrons. The van der Waals surface area contributed by atoms with E-state index in [2.05, 4.69) is 29.3 Å². The number of nitrogens with zero attached hydrogens (tertiary/aromatic N) is 2. The molecule has 0 amide bonds. The lowest BCUT2D eigenvalue weighted by Crippen LogP contribution is -2.65. The summed E-state index contributed by atoms with van der Waals surface area (Å²) in [6, 6.07) is 14.2. The molecule has 6 rings (SSSR count). The smallest absolute Gasteiger partial charge is 0.332 e. The van der Waals surface area contributed by atoms with Crippen molar-refractivity contribution >= 4 is 29.1 Å². The summed E-state index contributed by atoms with van der Waals surface area (Å²) in [6.07, 6.45) is 3.38. The van der Waals surface area contributed by atoms with Crippen molar-refractivity contribution in [1.29, 1.82) is 0 Å². The van der Waals surface area contributed by atoms with Gasteiger partial charge >= 0.3 is 5.97 Å². The van der Waals surface area contributed by atoms with E-state index >= 15 is 0 Å². The molecule has 184 valence electrons. The number of para-hydroxylation sites is 1. The fourth-order valence-electron chi connectivity index (χ4n) is 5.98. The third kappa shape index (κ3) is 5.03. The number of hydrogen-bond donors (Lipinski definition) is 0. The topological polar surface area (TPSA) is 38.8 Å². The molecule has 0 spiro atoms. The molecular formula is C27H37N2O3S2+. The molecule has 0 saturated carbocycles. The monoisotopic (exact) mass is 501 g/mol. The SMILES string of the molecule is CC(C(=O)OC1C[N+]2(CCCOc3ccccc3)CCC1CC2)(c1cccs1)N1CCSCC1. The summed E-state index contributed by atoms with van der Waals surface area (Å²) in [5, 5.41) is 2.07. The van der Waals surface area contributed by atoms with E-state index < -0.39 is 5.54 Å². The van der Waals surface area contributed by atoms with Crippen LogP contribution in [0.4, 0.5) is 0 Å². The lowest BCUT2D eigenvalue weighted by Gasteiger charge is -2.52. The molecular weight excluding hydrogens is 464 g/mol. The van der Waals surface area contributed by atoms with Crippen molar-refractivity contribution in [3.05, 3.63) is 52.7 Å². The average molecular weight is 502 g/mol. The molecule has 4 saturated heterocycles. The second kappa shape index (κ2) is 10.6. The summed E-state index contributed by atoms with van der Waals surface area (Å²) in [5.41, 5.74) is -0.685. The van der Waals surface area contributed by atoms with E-state index in [4.69, 9.17) is 9.47 Å². The highest BCUT2D eigenvalue weighted by Crippen LogP contribution is 2.39. The van der Waals surface area contributed by atoms with E-state index in [0.29, 0.717) is 5.92 Å². The number of piperidine rings is 3. The van der Waals surface area contributed by atoms with E-state index in [0.717, 1.165) is 78.7 Å². The molecule has 2 bridgehead atoms. The van der Waals surface area contributed by atoms with Crippen LogP contribution < -0.4 is 4.74 Å². The first-order chi connectivity index (χ1) is 16.6. The van der Waals surface area contributed by atoms with Gasteiger partial charge in [-0.15, -0.1) is 11.3 Å². The zero-order chi connectivity index (χ0) is 23.4. The van der Waals surface area contributed by atoms with E-state index in [-0.39, 0.29) is 12.1 Å². The van der Waals surface area contributed by atoms with Gasteiger partial charge in [0.1, 0.15) is 12.3 Å². The van der Waals surface area contributed by atoms with E-state index in [9.17, 15) is 4.79 Å². The summed E-state index contributed by atoms with van der Waals surface area (Å²) < 4.78 is 13.5. The van der Waals surface area contributed by atoms with E-state index in [1.807, 2.05) is 42.1 Å². The predicted octanol–water partition coefficient (Wildman–Crippen LogP) is 4.63. The zero-order valence-corrected chi connectivity index (χ0v) is 21.8. The van der Waals surface area contributed by atoms with Gasteiger partial charge in [0, 0.05) is 54.7 Å². The van der Waals surface area contributed by atoms with Crippen LogP contribution in [0.1, 0.15) is 31.1 Å². The van der Waals surface area contributed by atoms with Crippen molar-refractivity contribution in [2.45, 2.75) is 37.8 Å². The normalized spacial score (nSPS) is 28.9. The first-order valence-corrected chi connectivity index (χ1v) is 14.7. The molecule has 1 aromatic heterocycles. The van der Waals surface area contributed by atoms with Crippen LogP contribution in [0.3, 0.4) is 0 Å². The van der Waals surface area contributed by atoms with Gasteiger partial charge in [0.15, 0.2) is 11.6 Å². The van der Waals surface area contributed by atoms with Crippen LogP contribution >= 0.6 is 23.1 Å². The molecule has 5 heterocycles. The summed E-state index contributed by atoms with van der Waals surface area (Å²) in [5.74, 6) is 3.55. The third-order valence-corrected chi connectivity index (χ3v) is 10.2. The lowest BCUT2D eigenvalue weighted by molar-refractivity contribution is -0.946. The number of thioether (sulfide) groups is 1. The molecule has 2 aromatic rings. The second-order valence-corrected chi connectivity index (χ2v) is 12.3. The second-order valence-electron chi connectivity index (χ2n) is 10.1. The highest BCUT2D eigenvalue weighted by Gasteiger charge is 2.50. The minimum Gasteiger partial charge on any atom is -0.493 e. The number of carbonyl (C=O) groups excluding carboxylic acids is 1. The van der Waals surface area contributed by atoms with Gasteiger partial charge in [-0.2, -0.15) is 11.8 Å². The van der Waals surface area contributed by atoms with Gasteiger partial charge in [-0.3, -0.25) is 4.90 Å². The van der Waals surface area contributed by atoms with Crippen molar-refractivity contribution in [3.63, 3.8) is 0 Å². The summed E-state index contributed by atoms with van der Waals surface area (Å²) in [4.78, 5) is 17.3. The molecule has 4 fully saturated rings. The van der Waals surface area contributed by atoms with Crippen molar-refractivity contribution in [2.24, 2.45) is 5.92 Å². The van der Waals surface area contributed by atoms with Gasteiger partial charge in [0.2, 0.25) is 0 Å². The van der Waals surface area contributed by atoms with Crippen molar-refractivity contribution in [2.75, 3.05) is 57.4 Å². The molecule has 5 nitrogen and oxygen atoms in total. The van der Waals surface area contributed by atoms with Gasteiger partial charge in [-0.25, -0.2) is 4.79 Å². The quantitative estimate of drug-likeness (QED) is 0.285. The lowest BCUT2D eigenvalue weighted by atomic mass is 9.83. The Hall–Kier alpha value is -1.54. The van der Waals surface area contributed by atoms with Crippen molar-refractivity contribution < 1.29 is 18.8 Å². The van der Waals surface area contributed by atoms with Crippen molar-refractivity contribution in [3.8, 4) is 5.75 Å². The first kappa shape index (κ1) is 24.2. The summed E-state index contributed by atoms with van der Waals surface area (Å²) in [7, 11) is 0. The maximum Gasteiger partial charge on any atom is 0.332 e. The first-order valence-electron chi connectivity index (χ1n) is 12.7. The number of quaternary nitrogens is 1. The summed E-state index contributed by atoms with van der Waals surface area (Å²) in [6.45, 7) is 9.15. The van der Waals surface area contributed by atoms with Crippen LogP contribution in [0.5, 0.6) is 5.75 Å². The Bertz CT molecular complexity index is 925. The Balaban J connectivity index is 1.22. The highest BCUT2D eigenvalue weighted by atomic mass is 32.2. The van der Waals surface area contributed by atoms with E-state index in [1.54, 1.807) is 11.3 Å². The van der Waals surface area contributed by atoms with Crippen LogP contribution in [0.15, 0.2) is 47.8 Å². The maximum absolute atomic E-state index is 13.8. The molecule has 0 aliphatic carbocycles. The number of hydrogen-bond acceptors (Lipinski definition) is 6. The number of benzene rings is 1. The average Bonchev–Trinajstić information content (AvgIpc) is 3.44. The third-order valence-electron chi connectivity index (χ3n) is 8.13. The van der Waals surface area contributed by atoms with Gasteiger partial charge in [-0.1, -0.05) is 24.3 Å². The minimum absolute atomic E-state index is 0.0310. The number of esters is 1. The molecule has 7 heteroatoms. The maximum atomic E-state index is 13.8. The highest BCUT2D eigenvalue weighted by molar-refractivity contribution is 7.99. The fraction of sp³-hybridized carbons (Fsp3) is 0.593. The van der Waals surface area contributed by atoms with Crippen molar-refractivity contribution in [1.82, 2.24) is 4.90 Å². The van der Waals surface area contributed by atoms with Crippen LogP contribution in [0.25, 0.3) is 0 Å². The van der Waals surface area contributed by atoms with Gasteiger partial charge in [0.25, 0.3) is 0 Å². The Morgan fingerprint density at radius 2 is 1.88 bits per heavy atom. The van der Waals surface area contributed by atoms with Gasteiger partial charge in [0.05, 0.1) is 26.2 Å². The Labute approximate surface area is 212 Å². The number of rotatable bonds is 9. The minimum atomic E-state index is -0.685. The Morgan fingerprint density at radius 1 is 1.12 bits per heavy atom. The molecule has 1 aromatic carbocycles. The number of ether oxygens (including phenoxy) is 2. The van der Waals surface area contributed by atoms with Crippen LogP contribution in [-0.4, -0.2) is 78.8 Å². The predicted molar refractivity (Wildman–Crippen MR) is 139 cm³/mol. The number of thiophene rings is 1. The Kier molecular flexibility index (Phi) is 7.54. The molecule has 2 unspecified atom stereocenters. The fourth-order valence-corrected chi connectivity index (χ4v) is 7.79. The Morgan fingerprint density at radius 3 is 2.59 bits per heavy atom. The molecule has 4 aliphatic heterocycles. The molecule has 0 N–H and O–H groups in total. The zero-order valence-electron chi connectivity index (χ0n) is 20.2. The number of fused-ring (bicyclic) bond motifs is 3. The van der Waals surface area contributed by atoms with Gasteiger partial charge < -0.3 is 14.0 Å². The van der Waals surface area contributed by atoms with Crippen LogP contribution in [0, 0.1) is 5.92 Å². The molecule has 2 atom stereocenters. The molecule has 34 heavy (non-hydrogen) atoms. The van der Waals surface area contributed by atoms with Gasteiger partial charge in [-0.05, 0) is 30.5 Å². The van der Waals surface area contributed by atoms with E-state index in [1.165, 1.54) is 13.1 Å².